The second-order valence-electron chi connectivity index (χ2n) is 5.64. The van der Waals surface area contributed by atoms with Gasteiger partial charge >= 0.3 is 6.18 Å². The van der Waals surface area contributed by atoms with Crippen LogP contribution in [-0.4, -0.2) is 34.9 Å². The van der Waals surface area contributed by atoms with E-state index in [9.17, 15) is 18.0 Å². The van der Waals surface area contributed by atoms with Crippen molar-refractivity contribution < 1.29 is 18.0 Å². The normalized spacial score (nSPS) is 17.8. The summed E-state index contributed by atoms with van der Waals surface area (Å²) in [4.78, 5) is 17.5. The molecule has 1 N–H and O–H groups in total. The number of aromatic nitrogens is 1. The van der Waals surface area contributed by atoms with Crippen LogP contribution in [0.4, 0.5) is 18.9 Å². The molecule has 4 nitrogen and oxygen atoms in total. The molecule has 126 valence electrons. The molecule has 24 heavy (non-hydrogen) atoms. The molecule has 0 radical (unpaired) electrons. The lowest BCUT2D eigenvalue weighted by Gasteiger charge is -2.19. The summed E-state index contributed by atoms with van der Waals surface area (Å²) in [7, 11) is 0. The summed E-state index contributed by atoms with van der Waals surface area (Å²) >= 11 is 0. The fourth-order valence-corrected chi connectivity index (χ4v) is 2.79. The molecule has 2 heterocycles. The Bertz CT molecular complexity index is 719. The van der Waals surface area contributed by atoms with Gasteiger partial charge in [-0.05, 0) is 30.7 Å². The number of alkyl halides is 3. The van der Waals surface area contributed by atoms with Crippen LogP contribution >= 0.6 is 0 Å². The number of halogens is 3. The Morgan fingerprint density at radius 1 is 1.17 bits per heavy atom. The molecule has 0 aliphatic carbocycles. The maximum atomic E-state index is 13.0. The van der Waals surface area contributed by atoms with E-state index in [1.165, 1.54) is 17.2 Å². The average molecular weight is 335 g/mol. The smallest absolute Gasteiger partial charge is 0.380 e. The van der Waals surface area contributed by atoms with Crippen LogP contribution in [0, 0.1) is 0 Å². The number of hydrogen-bond donors (Lipinski definition) is 1. The summed E-state index contributed by atoms with van der Waals surface area (Å²) in [5.41, 5.74) is -0.606. The van der Waals surface area contributed by atoms with E-state index >= 15 is 0 Å². The van der Waals surface area contributed by atoms with Gasteiger partial charge in [-0.25, -0.2) is 0 Å². The lowest BCUT2D eigenvalue weighted by molar-refractivity contribution is -0.138. The highest BCUT2D eigenvalue weighted by atomic mass is 19.4. The number of benzene rings is 1. The molecular weight excluding hydrogens is 319 g/mol. The van der Waals surface area contributed by atoms with Gasteiger partial charge in [0.1, 0.15) is 5.69 Å². The first kappa shape index (κ1) is 16.3. The van der Waals surface area contributed by atoms with E-state index in [2.05, 4.69) is 10.3 Å². The number of nitrogens with zero attached hydrogens (tertiary/aromatic N) is 2. The number of hydrogen-bond acceptors (Lipinski definition) is 3. The Labute approximate surface area is 137 Å². The summed E-state index contributed by atoms with van der Waals surface area (Å²) in [6.07, 6.45) is -2.71. The first-order valence-corrected chi connectivity index (χ1v) is 7.58. The van der Waals surface area contributed by atoms with Gasteiger partial charge in [0, 0.05) is 31.0 Å². The molecule has 2 aromatic rings. The molecule has 1 aromatic heterocycles. The highest BCUT2D eigenvalue weighted by molar-refractivity contribution is 5.94. The zero-order chi connectivity index (χ0) is 17.2. The summed E-state index contributed by atoms with van der Waals surface area (Å²) < 4.78 is 39.1. The first-order valence-electron chi connectivity index (χ1n) is 7.58. The largest absolute Gasteiger partial charge is 0.418 e. The van der Waals surface area contributed by atoms with Crippen LogP contribution in [0.3, 0.4) is 0 Å². The number of pyridine rings is 1. The minimum atomic E-state index is -4.60. The van der Waals surface area contributed by atoms with E-state index < -0.39 is 23.3 Å². The maximum absolute atomic E-state index is 13.0. The monoisotopic (exact) mass is 335 g/mol. The summed E-state index contributed by atoms with van der Waals surface area (Å²) in [6, 6.07) is 11.6. The van der Waals surface area contributed by atoms with Gasteiger partial charge in [0.15, 0.2) is 0 Å². The summed E-state index contributed by atoms with van der Waals surface area (Å²) in [6.45, 7) is 0.749. The van der Waals surface area contributed by atoms with Crippen molar-refractivity contribution in [2.75, 3.05) is 18.4 Å². The number of para-hydroxylation sites is 1. The van der Waals surface area contributed by atoms with Crippen molar-refractivity contribution >= 4 is 11.6 Å². The SMILES string of the molecule is O=C(c1ncccc1C(F)(F)F)N1CCC(Nc2ccccc2)C1. The van der Waals surface area contributed by atoms with E-state index in [1.54, 1.807) is 0 Å². The standard InChI is InChI=1S/C17H16F3N3O/c18-17(19,20)14-7-4-9-21-15(14)16(24)23-10-8-13(11-23)22-12-5-2-1-3-6-12/h1-7,9,13,22H,8,10-11H2. The third-order valence-corrected chi connectivity index (χ3v) is 3.94. The summed E-state index contributed by atoms with van der Waals surface area (Å²) in [5.74, 6) is -0.680. The second kappa shape index (κ2) is 6.51. The van der Waals surface area contributed by atoms with E-state index in [4.69, 9.17) is 0 Å². The number of rotatable bonds is 3. The van der Waals surface area contributed by atoms with Crippen LogP contribution < -0.4 is 5.32 Å². The third kappa shape index (κ3) is 3.50. The number of carbonyl (C=O) groups is 1. The molecule has 1 amide bonds. The minimum Gasteiger partial charge on any atom is -0.380 e. The zero-order valence-corrected chi connectivity index (χ0v) is 12.8. The second-order valence-corrected chi connectivity index (χ2v) is 5.64. The molecule has 1 saturated heterocycles. The number of nitrogens with one attached hydrogen (secondary N) is 1. The maximum Gasteiger partial charge on any atom is 0.418 e. The van der Waals surface area contributed by atoms with Crippen molar-refractivity contribution in [1.29, 1.82) is 0 Å². The molecular formula is C17H16F3N3O. The molecule has 1 aromatic carbocycles. The van der Waals surface area contributed by atoms with Crippen molar-refractivity contribution in [3.8, 4) is 0 Å². The third-order valence-electron chi connectivity index (χ3n) is 3.94. The molecule has 0 spiro atoms. The quantitative estimate of drug-likeness (QED) is 0.935. The predicted molar refractivity (Wildman–Crippen MR) is 83.6 cm³/mol. The van der Waals surface area contributed by atoms with Gasteiger partial charge in [-0.15, -0.1) is 0 Å². The molecule has 3 rings (SSSR count). The Hall–Kier alpha value is -2.57. The van der Waals surface area contributed by atoms with Crippen LogP contribution in [-0.2, 0) is 6.18 Å². The topological polar surface area (TPSA) is 45.2 Å². The molecule has 1 atom stereocenters. The van der Waals surface area contributed by atoms with Crippen LogP contribution in [0.5, 0.6) is 0 Å². The number of anilines is 1. The molecule has 1 fully saturated rings. The highest BCUT2D eigenvalue weighted by Crippen LogP contribution is 2.32. The molecule has 7 heteroatoms. The Kier molecular flexibility index (Phi) is 4.42. The van der Waals surface area contributed by atoms with Gasteiger partial charge in [-0.2, -0.15) is 13.2 Å². The number of carbonyl (C=O) groups excluding carboxylic acids is 1. The Morgan fingerprint density at radius 2 is 1.92 bits per heavy atom. The van der Waals surface area contributed by atoms with Gasteiger partial charge in [-0.1, -0.05) is 18.2 Å². The zero-order valence-electron chi connectivity index (χ0n) is 12.8. The van der Waals surface area contributed by atoms with E-state index in [0.717, 1.165) is 11.8 Å². The van der Waals surface area contributed by atoms with E-state index in [1.807, 2.05) is 30.3 Å². The first-order chi connectivity index (χ1) is 11.4. The van der Waals surface area contributed by atoms with Gasteiger partial charge in [0.2, 0.25) is 0 Å². The van der Waals surface area contributed by atoms with Crippen molar-refractivity contribution in [3.05, 3.63) is 59.9 Å². The number of likely N-dealkylation sites (tertiary alicyclic amines) is 1. The van der Waals surface area contributed by atoms with Gasteiger partial charge in [0.25, 0.3) is 5.91 Å². The highest BCUT2D eigenvalue weighted by Gasteiger charge is 2.38. The van der Waals surface area contributed by atoms with E-state index in [-0.39, 0.29) is 6.04 Å². The fourth-order valence-electron chi connectivity index (χ4n) is 2.79. The predicted octanol–water partition coefficient (Wildman–Crippen LogP) is 3.43. The lowest BCUT2D eigenvalue weighted by atomic mass is 10.1. The van der Waals surface area contributed by atoms with E-state index in [0.29, 0.717) is 19.5 Å². The van der Waals surface area contributed by atoms with Crippen molar-refractivity contribution in [1.82, 2.24) is 9.88 Å². The lowest BCUT2D eigenvalue weighted by Crippen LogP contribution is -2.33. The molecule has 1 aliphatic rings. The summed E-state index contributed by atoms with van der Waals surface area (Å²) in [5, 5.41) is 3.29. The van der Waals surface area contributed by atoms with Gasteiger partial charge in [0.05, 0.1) is 5.56 Å². The molecule has 0 saturated carbocycles. The van der Waals surface area contributed by atoms with Crippen molar-refractivity contribution in [2.24, 2.45) is 0 Å². The minimum absolute atomic E-state index is 0.00870. The Balaban J connectivity index is 1.71. The van der Waals surface area contributed by atoms with Gasteiger partial charge in [-0.3, -0.25) is 9.78 Å². The van der Waals surface area contributed by atoms with Crippen LogP contribution in [0.1, 0.15) is 22.5 Å². The molecule has 1 aliphatic heterocycles. The van der Waals surface area contributed by atoms with Gasteiger partial charge < -0.3 is 10.2 Å². The average Bonchev–Trinajstić information content (AvgIpc) is 3.03. The molecule has 1 unspecified atom stereocenters. The Morgan fingerprint density at radius 3 is 2.62 bits per heavy atom. The molecule has 0 bridgehead atoms. The van der Waals surface area contributed by atoms with Crippen molar-refractivity contribution in [3.63, 3.8) is 0 Å². The van der Waals surface area contributed by atoms with Crippen LogP contribution in [0.15, 0.2) is 48.7 Å². The number of amides is 1. The van der Waals surface area contributed by atoms with Crippen LogP contribution in [0.2, 0.25) is 0 Å². The van der Waals surface area contributed by atoms with Crippen LogP contribution in [0.25, 0.3) is 0 Å². The fraction of sp³-hybridized carbons (Fsp3) is 0.294. The van der Waals surface area contributed by atoms with Crippen molar-refractivity contribution in [2.45, 2.75) is 18.6 Å².